The first-order valence-electron chi connectivity index (χ1n) is 11.8. The third-order valence-electron chi connectivity index (χ3n) is 5.89. The van der Waals surface area contributed by atoms with Crippen LogP contribution in [-0.4, -0.2) is 34.6 Å². The average Bonchev–Trinajstić information content (AvgIpc) is 3.19. The van der Waals surface area contributed by atoms with Gasteiger partial charge >= 0.3 is 0 Å². The van der Waals surface area contributed by atoms with Crippen LogP contribution >= 0.6 is 35.7 Å². The Morgan fingerprint density at radius 1 is 0.946 bits per heavy atom. The number of fused-ring (bicyclic) bond motifs is 1. The highest BCUT2D eigenvalue weighted by Crippen LogP contribution is 2.36. The minimum Gasteiger partial charge on any atom is -0.493 e. The largest absolute Gasteiger partial charge is 0.493 e. The molecule has 0 radical (unpaired) electrons. The van der Waals surface area contributed by atoms with E-state index in [1.807, 2.05) is 54.6 Å². The molecule has 1 saturated heterocycles. The summed E-state index contributed by atoms with van der Waals surface area (Å²) in [4.78, 5) is 16.5. The molecule has 0 aromatic heterocycles. The zero-order valence-electron chi connectivity index (χ0n) is 20.3. The minimum atomic E-state index is -0.0800. The number of carbonyl (C=O) groups excluding carboxylic acids is 1. The van der Waals surface area contributed by atoms with Crippen molar-refractivity contribution in [2.75, 3.05) is 19.5 Å². The molecule has 0 N–H and O–H groups in total. The molecule has 5 rings (SSSR count). The number of thioether (sulfide) groups is 2. The molecular formula is C30H25NO3S3. The molecule has 1 aliphatic rings. The minimum absolute atomic E-state index is 0.0800. The van der Waals surface area contributed by atoms with Crippen molar-refractivity contribution in [3.8, 4) is 11.5 Å². The lowest BCUT2D eigenvalue weighted by Crippen LogP contribution is -2.27. The van der Waals surface area contributed by atoms with Crippen molar-refractivity contribution in [3.05, 3.63) is 107 Å². The molecule has 0 unspecified atom stereocenters. The number of nitrogens with zero attached hydrogens (tertiary/aromatic N) is 1. The molecule has 0 spiro atoms. The fourth-order valence-electron chi connectivity index (χ4n) is 4.07. The second-order valence-corrected chi connectivity index (χ2v) is 11.2. The number of ether oxygens (including phenoxy) is 2. The second kappa shape index (κ2) is 11.9. The topological polar surface area (TPSA) is 38.8 Å². The zero-order chi connectivity index (χ0) is 25.6. The van der Waals surface area contributed by atoms with E-state index in [-0.39, 0.29) is 5.91 Å². The van der Waals surface area contributed by atoms with Gasteiger partial charge in [-0.3, -0.25) is 9.69 Å². The van der Waals surface area contributed by atoms with E-state index in [1.54, 1.807) is 23.8 Å². The SMILES string of the molecule is COc1cc(/C=C2/SC(=S)N(Cc3ccccc3)C2=O)ccc1OCCSc1cccc2ccccc12. The molecule has 7 heteroatoms. The summed E-state index contributed by atoms with van der Waals surface area (Å²) in [5, 5.41) is 2.49. The standard InChI is InChI=1S/C30H25NO3S3/c1-33-26-18-22(19-28-29(32)31(30(35)37-28)20-21-8-3-2-4-9-21)14-15-25(26)34-16-17-36-27-13-7-11-23-10-5-6-12-24(23)27/h2-15,18-19H,16-17,20H2,1H3/b28-19+. The van der Waals surface area contributed by atoms with E-state index in [4.69, 9.17) is 21.7 Å². The summed E-state index contributed by atoms with van der Waals surface area (Å²) in [6, 6.07) is 30.3. The lowest BCUT2D eigenvalue weighted by Gasteiger charge is -2.14. The van der Waals surface area contributed by atoms with Crippen LogP contribution in [0.25, 0.3) is 16.8 Å². The first-order chi connectivity index (χ1) is 18.1. The molecule has 186 valence electrons. The van der Waals surface area contributed by atoms with E-state index in [2.05, 4.69) is 42.5 Å². The predicted molar refractivity (Wildman–Crippen MR) is 158 cm³/mol. The molecular weight excluding hydrogens is 519 g/mol. The van der Waals surface area contributed by atoms with E-state index >= 15 is 0 Å². The summed E-state index contributed by atoms with van der Waals surface area (Å²) < 4.78 is 12.2. The Balaban J connectivity index is 1.22. The van der Waals surface area contributed by atoms with Gasteiger partial charge in [-0.1, -0.05) is 96.8 Å². The quantitative estimate of drug-likeness (QED) is 0.0947. The van der Waals surface area contributed by atoms with Crippen molar-refractivity contribution in [2.24, 2.45) is 0 Å². The van der Waals surface area contributed by atoms with Crippen molar-refractivity contribution in [1.29, 1.82) is 0 Å². The summed E-state index contributed by atoms with van der Waals surface area (Å²) >= 11 is 8.58. The van der Waals surface area contributed by atoms with Gasteiger partial charge in [-0.2, -0.15) is 0 Å². The Morgan fingerprint density at radius 2 is 1.73 bits per heavy atom. The van der Waals surface area contributed by atoms with Crippen LogP contribution in [0.1, 0.15) is 11.1 Å². The van der Waals surface area contributed by atoms with Crippen LogP contribution in [0.2, 0.25) is 0 Å². The number of benzene rings is 4. The summed E-state index contributed by atoms with van der Waals surface area (Å²) in [7, 11) is 1.62. The Kier molecular flexibility index (Phi) is 8.14. The Bertz CT molecular complexity index is 1460. The lowest BCUT2D eigenvalue weighted by atomic mass is 10.1. The van der Waals surface area contributed by atoms with Gasteiger partial charge in [-0.05, 0) is 46.2 Å². The molecule has 4 aromatic rings. The maximum absolute atomic E-state index is 13.0. The molecule has 1 aliphatic heterocycles. The zero-order valence-corrected chi connectivity index (χ0v) is 22.7. The van der Waals surface area contributed by atoms with Crippen LogP contribution in [0, 0.1) is 0 Å². The van der Waals surface area contributed by atoms with Crippen LogP contribution in [0.4, 0.5) is 0 Å². The summed E-state index contributed by atoms with van der Waals surface area (Å²) in [6.07, 6.45) is 1.85. The van der Waals surface area contributed by atoms with E-state index in [0.29, 0.717) is 33.9 Å². The molecule has 0 bridgehead atoms. The predicted octanol–water partition coefficient (Wildman–Crippen LogP) is 7.42. The molecule has 1 heterocycles. The molecule has 1 amide bonds. The van der Waals surface area contributed by atoms with Gasteiger partial charge in [0.05, 0.1) is 25.2 Å². The number of hydrogen-bond acceptors (Lipinski definition) is 6. The van der Waals surface area contributed by atoms with Gasteiger partial charge in [0.15, 0.2) is 11.5 Å². The van der Waals surface area contributed by atoms with Gasteiger partial charge in [0.25, 0.3) is 5.91 Å². The highest BCUT2D eigenvalue weighted by Gasteiger charge is 2.32. The summed E-state index contributed by atoms with van der Waals surface area (Å²) in [6.45, 7) is 1.01. The van der Waals surface area contributed by atoms with E-state index in [1.165, 1.54) is 27.4 Å². The lowest BCUT2D eigenvalue weighted by molar-refractivity contribution is -0.122. The van der Waals surface area contributed by atoms with Gasteiger partial charge in [0, 0.05) is 10.6 Å². The van der Waals surface area contributed by atoms with Crippen molar-refractivity contribution in [3.63, 3.8) is 0 Å². The molecule has 0 aliphatic carbocycles. The Hall–Kier alpha value is -3.26. The van der Waals surface area contributed by atoms with Crippen molar-refractivity contribution >= 4 is 62.8 Å². The fourth-order valence-corrected chi connectivity index (χ4v) is 6.23. The van der Waals surface area contributed by atoms with Crippen LogP contribution in [0.3, 0.4) is 0 Å². The van der Waals surface area contributed by atoms with Gasteiger partial charge < -0.3 is 9.47 Å². The number of rotatable bonds is 9. The molecule has 0 saturated carbocycles. The van der Waals surface area contributed by atoms with Gasteiger partial charge in [-0.25, -0.2) is 0 Å². The van der Waals surface area contributed by atoms with Crippen LogP contribution in [0.5, 0.6) is 11.5 Å². The maximum atomic E-state index is 13.0. The monoisotopic (exact) mass is 543 g/mol. The number of methoxy groups -OCH3 is 1. The maximum Gasteiger partial charge on any atom is 0.266 e. The molecule has 37 heavy (non-hydrogen) atoms. The van der Waals surface area contributed by atoms with Gasteiger partial charge in [-0.15, -0.1) is 11.8 Å². The van der Waals surface area contributed by atoms with Crippen molar-refractivity contribution in [1.82, 2.24) is 4.90 Å². The Labute approximate surface area is 230 Å². The van der Waals surface area contributed by atoms with E-state index in [0.717, 1.165) is 16.9 Å². The number of thiocarbonyl (C=S) groups is 1. The third-order valence-corrected chi connectivity index (χ3v) is 8.31. The van der Waals surface area contributed by atoms with E-state index in [9.17, 15) is 4.79 Å². The average molecular weight is 544 g/mol. The number of amides is 1. The van der Waals surface area contributed by atoms with Crippen LogP contribution < -0.4 is 9.47 Å². The first kappa shape index (κ1) is 25.4. The second-order valence-electron chi connectivity index (χ2n) is 8.34. The third kappa shape index (κ3) is 6.01. The van der Waals surface area contributed by atoms with Gasteiger partial charge in [0.2, 0.25) is 0 Å². The molecule has 0 atom stereocenters. The fraction of sp³-hybridized carbons (Fsp3) is 0.133. The smallest absolute Gasteiger partial charge is 0.266 e. The highest BCUT2D eigenvalue weighted by atomic mass is 32.2. The first-order valence-corrected chi connectivity index (χ1v) is 14.0. The van der Waals surface area contributed by atoms with Crippen molar-refractivity contribution < 1.29 is 14.3 Å². The molecule has 4 aromatic carbocycles. The number of carbonyl (C=O) groups is 1. The van der Waals surface area contributed by atoms with Crippen molar-refractivity contribution in [2.45, 2.75) is 11.4 Å². The normalized spacial score (nSPS) is 14.5. The van der Waals surface area contributed by atoms with Gasteiger partial charge in [0.1, 0.15) is 4.32 Å². The Morgan fingerprint density at radius 3 is 2.57 bits per heavy atom. The highest BCUT2D eigenvalue weighted by molar-refractivity contribution is 8.26. The van der Waals surface area contributed by atoms with Crippen LogP contribution in [-0.2, 0) is 11.3 Å². The molecule has 4 nitrogen and oxygen atoms in total. The van der Waals surface area contributed by atoms with E-state index < -0.39 is 0 Å². The molecule has 1 fully saturated rings. The number of hydrogen-bond donors (Lipinski definition) is 0. The van der Waals surface area contributed by atoms with Crippen LogP contribution in [0.15, 0.2) is 101 Å². The summed E-state index contributed by atoms with van der Waals surface area (Å²) in [5.41, 5.74) is 1.90. The summed E-state index contributed by atoms with van der Waals surface area (Å²) in [5.74, 6) is 2.03.